The molecule has 0 spiro atoms. The fourth-order valence-electron chi connectivity index (χ4n) is 2.93. The number of aryl methyl sites for hydroxylation is 1. The number of aromatic nitrogens is 2. The summed E-state index contributed by atoms with van der Waals surface area (Å²) in [5, 5.41) is 4.61. The number of nitrogens with one attached hydrogen (secondary N) is 3. The number of para-hydroxylation sites is 1. The zero-order chi connectivity index (χ0) is 17.8. The summed E-state index contributed by atoms with van der Waals surface area (Å²) < 4.78 is 0. The number of hydrogen-bond donors (Lipinski definition) is 3. The van der Waals surface area contributed by atoms with E-state index in [1.165, 1.54) is 6.07 Å². The van der Waals surface area contributed by atoms with Crippen molar-refractivity contribution in [1.29, 1.82) is 0 Å². The molecule has 0 fully saturated rings. The van der Waals surface area contributed by atoms with E-state index in [0.717, 1.165) is 35.0 Å². The Morgan fingerprint density at radius 1 is 1.24 bits per heavy atom. The van der Waals surface area contributed by atoms with E-state index in [0.29, 0.717) is 23.6 Å². The zero-order valence-electron chi connectivity index (χ0n) is 14.0. The molecule has 130 valence electrons. The number of amides is 1. The molecule has 0 bridgehead atoms. The lowest BCUT2D eigenvalue weighted by atomic mass is 10.1. The third-order valence-electron chi connectivity index (χ3n) is 4.11. The highest BCUT2D eigenvalue weighted by Crippen LogP contribution is 2.25. The van der Waals surface area contributed by atoms with Gasteiger partial charge >= 0.3 is 0 Å². The number of halogens is 1. The molecule has 0 unspecified atom stereocenters. The molecule has 1 aromatic carbocycles. The molecule has 2 heterocycles. The quantitative estimate of drug-likeness (QED) is 0.632. The average Bonchev–Trinajstić information content (AvgIpc) is 2.99. The SMILES string of the molecule is CCCc1cc(C(=O)NCCc2c[nH]c3c(Cl)cccc23)cc(=O)[nH]1. The standard InChI is InChI=1S/C19H20ClN3O2/c1-2-4-14-9-13(10-17(24)23-14)19(25)21-8-7-12-11-22-18-15(12)5-3-6-16(18)20/h3,5-6,9-11,22H,2,4,7-8H2,1H3,(H,21,25)(H,23,24). The van der Waals surface area contributed by atoms with Crippen LogP contribution in [0.3, 0.4) is 0 Å². The second-order valence-electron chi connectivity index (χ2n) is 5.99. The van der Waals surface area contributed by atoms with E-state index in [-0.39, 0.29) is 11.5 Å². The Morgan fingerprint density at radius 3 is 2.88 bits per heavy atom. The topological polar surface area (TPSA) is 77.8 Å². The smallest absolute Gasteiger partial charge is 0.251 e. The van der Waals surface area contributed by atoms with Crippen molar-refractivity contribution in [3.8, 4) is 0 Å². The molecule has 0 atom stereocenters. The molecule has 3 aromatic rings. The molecule has 25 heavy (non-hydrogen) atoms. The van der Waals surface area contributed by atoms with Crippen LogP contribution >= 0.6 is 11.6 Å². The van der Waals surface area contributed by atoms with Crippen LogP contribution in [0.25, 0.3) is 10.9 Å². The van der Waals surface area contributed by atoms with Gasteiger partial charge in [0.2, 0.25) is 5.56 Å². The van der Waals surface area contributed by atoms with E-state index in [1.54, 1.807) is 6.07 Å². The van der Waals surface area contributed by atoms with Crippen LogP contribution in [0.4, 0.5) is 0 Å². The van der Waals surface area contributed by atoms with Crippen molar-refractivity contribution in [3.05, 3.63) is 68.7 Å². The summed E-state index contributed by atoms with van der Waals surface area (Å²) >= 11 is 6.16. The van der Waals surface area contributed by atoms with Gasteiger partial charge in [0.15, 0.2) is 0 Å². The number of rotatable bonds is 6. The Kier molecular flexibility index (Phi) is 5.24. The van der Waals surface area contributed by atoms with Crippen molar-refractivity contribution >= 4 is 28.4 Å². The number of pyridine rings is 1. The first-order valence-corrected chi connectivity index (χ1v) is 8.72. The molecule has 0 aliphatic carbocycles. The molecule has 0 radical (unpaired) electrons. The molecule has 2 aromatic heterocycles. The summed E-state index contributed by atoms with van der Waals surface area (Å²) in [6, 6.07) is 8.83. The molecule has 0 aliphatic heterocycles. The van der Waals surface area contributed by atoms with Gasteiger partial charge in [0.1, 0.15) is 0 Å². The van der Waals surface area contributed by atoms with E-state index in [9.17, 15) is 9.59 Å². The van der Waals surface area contributed by atoms with Gasteiger partial charge in [-0.3, -0.25) is 9.59 Å². The predicted octanol–water partition coefficient (Wildman–Crippen LogP) is 3.43. The minimum absolute atomic E-state index is 0.235. The van der Waals surface area contributed by atoms with Crippen molar-refractivity contribution in [3.63, 3.8) is 0 Å². The Bertz CT molecular complexity index is 959. The highest BCUT2D eigenvalue weighted by Gasteiger charge is 2.10. The maximum Gasteiger partial charge on any atom is 0.251 e. The van der Waals surface area contributed by atoms with Gasteiger partial charge < -0.3 is 15.3 Å². The normalized spacial score (nSPS) is 11.0. The van der Waals surface area contributed by atoms with Gasteiger partial charge in [0.25, 0.3) is 5.91 Å². The number of hydrogen-bond acceptors (Lipinski definition) is 2. The van der Waals surface area contributed by atoms with Crippen LogP contribution in [-0.4, -0.2) is 22.4 Å². The first-order valence-electron chi connectivity index (χ1n) is 8.34. The summed E-state index contributed by atoms with van der Waals surface area (Å²) in [4.78, 5) is 29.9. The largest absolute Gasteiger partial charge is 0.360 e. The van der Waals surface area contributed by atoms with Crippen molar-refractivity contribution in [2.24, 2.45) is 0 Å². The number of benzene rings is 1. The summed E-state index contributed by atoms with van der Waals surface area (Å²) in [6.07, 6.45) is 4.24. The Balaban J connectivity index is 1.66. The van der Waals surface area contributed by atoms with E-state index < -0.39 is 0 Å². The highest BCUT2D eigenvalue weighted by molar-refractivity contribution is 6.35. The van der Waals surface area contributed by atoms with Crippen molar-refractivity contribution < 1.29 is 4.79 Å². The van der Waals surface area contributed by atoms with Gasteiger partial charge in [-0.1, -0.05) is 37.1 Å². The lowest BCUT2D eigenvalue weighted by Gasteiger charge is -2.06. The monoisotopic (exact) mass is 357 g/mol. The third-order valence-corrected chi connectivity index (χ3v) is 4.43. The highest BCUT2D eigenvalue weighted by atomic mass is 35.5. The maximum atomic E-state index is 12.3. The summed E-state index contributed by atoms with van der Waals surface area (Å²) in [6.45, 7) is 2.51. The number of aromatic amines is 2. The van der Waals surface area contributed by atoms with E-state index >= 15 is 0 Å². The number of carbonyl (C=O) groups excluding carboxylic acids is 1. The lowest BCUT2D eigenvalue weighted by molar-refractivity contribution is 0.0954. The second kappa shape index (κ2) is 7.57. The lowest BCUT2D eigenvalue weighted by Crippen LogP contribution is -2.27. The van der Waals surface area contributed by atoms with Crippen LogP contribution in [0.2, 0.25) is 5.02 Å². The van der Waals surface area contributed by atoms with Crippen LogP contribution in [0.1, 0.15) is 35.0 Å². The summed E-state index contributed by atoms with van der Waals surface area (Å²) in [7, 11) is 0. The maximum absolute atomic E-state index is 12.3. The van der Waals surface area contributed by atoms with Crippen molar-refractivity contribution in [1.82, 2.24) is 15.3 Å². The van der Waals surface area contributed by atoms with E-state index in [1.807, 2.05) is 31.3 Å². The Morgan fingerprint density at radius 2 is 2.08 bits per heavy atom. The van der Waals surface area contributed by atoms with E-state index in [4.69, 9.17) is 11.6 Å². The molecular formula is C19H20ClN3O2. The molecule has 0 saturated heterocycles. The molecule has 0 saturated carbocycles. The van der Waals surface area contributed by atoms with E-state index in [2.05, 4.69) is 15.3 Å². The minimum atomic E-state index is -0.248. The fourth-order valence-corrected chi connectivity index (χ4v) is 3.16. The number of fused-ring (bicyclic) bond motifs is 1. The minimum Gasteiger partial charge on any atom is -0.360 e. The van der Waals surface area contributed by atoms with Crippen LogP contribution in [-0.2, 0) is 12.8 Å². The predicted molar refractivity (Wildman–Crippen MR) is 100 cm³/mol. The van der Waals surface area contributed by atoms with Crippen molar-refractivity contribution in [2.45, 2.75) is 26.2 Å². The number of H-pyrrole nitrogens is 2. The number of carbonyl (C=O) groups is 1. The van der Waals surface area contributed by atoms with Gasteiger partial charge in [-0.2, -0.15) is 0 Å². The summed E-state index contributed by atoms with van der Waals surface area (Å²) in [5.41, 5.74) is 2.93. The van der Waals surface area contributed by atoms with Crippen LogP contribution in [0.5, 0.6) is 0 Å². The zero-order valence-corrected chi connectivity index (χ0v) is 14.7. The second-order valence-corrected chi connectivity index (χ2v) is 6.40. The van der Waals surface area contributed by atoms with Gasteiger partial charge in [0.05, 0.1) is 10.5 Å². The molecule has 0 aliphatic rings. The molecule has 6 heteroatoms. The summed E-state index contributed by atoms with van der Waals surface area (Å²) in [5.74, 6) is -0.235. The molecular weight excluding hydrogens is 338 g/mol. The molecule has 5 nitrogen and oxygen atoms in total. The average molecular weight is 358 g/mol. The van der Waals surface area contributed by atoms with Crippen LogP contribution in [0.15, 0.2) is 41.3 Å². The van der Waals surface area contributed by atoms with Gasteiger partial charge in [-0.05, 0) is 30.5 Å². The van der Waals surface area contributed by atoms with Crippen LogP contribution in [0, 0.1) is 0 Å². The fraction of sp³-hybridized carbons (Fsp3) is 0.263. The first kappa shape index (κ1) is 17.3. The Hall–Kier alpha value is -2.53. The van der Waals surface area contributed by atoms with Gasteiger partial charge in [0, 0.05) is 35.5 Å². The molecule has 3 N–H and O–H groups in total. The van der Waals surface area contributed by atoms with Crippen LogP contribution < -0.4 is 10.9 Å². The third kappa shape index (κ3) is 3.94. The molecule has 1 amide bonds. The first-order chi connectivity index (χ1) is 12.1. The van der Waals surface area contributed by atoms with Gasteiger partial charge in [-0.15, -0.1) is 0 Å². The van der Waals surface area contributed by atoms with Crippen molar-refractivity contribution in [2.75, 3.05) is 6.54 Å². The Labute approximate surface area is 150 Å². The van der Waals surface area contributed by atoms with Gasteiger partial charge in [-0.25, -0.2) is 0 Å². The molecule has 3 rings (SSSR count).